The topological polar surface area (TPSA) is 0 Å². The van der Waals surface area contributed by atoms with Crippen LogP contribution in [0.15, 0.2) is 81.1 Å². The molecule has 2 aliphatic heterocycles. The van der Waals surface area contributed by atoms with E-state index in [0.29, 0.717) is 5.92 Å². The second kappa shape index (κ2) is 4.27. The monoisotopic (exact) mass is 318 g/mol. The van der Waals surface area contributed by atoms with Crippen molar-refractivity contribution in [3.8, 4) is 0 Å². The molecule has 5 rings (SSSR count). The van der Waals surface area contributed by atoms with Gasteiger partial charge in [-0.1, -0.05) is 83.8 Å². The average molecular weight is 319 g/mol. The largest absolute Gasteiger partial charge is 0.107 e. The third kappa shape index (κ3) is 1.50. The van der Waals surface area contributed by atoms with Crippen LogP contribution in [0.5, 0.6) is 0 Å². The first-order valence-corrected chi connectivity index (χ1v) is 11.8. The molecule has 1 saturated heterocycles. The zero-order valence-electron chi connectivity index (χ0n) is 12.9. The maximum atomic E-state index is 2.54. The van der Waals surface area contributed by atoms with E-state index in [2.05, 4.69) is 67.7 Å². The molecule has 0 aromatic heterocycles. The molecule has 2 aliphatic carbocycles. The van der Waals surface area contributed by atoms with Gasteiger partial charge in [0.05, 0.1) is 0 Å². The molecular formula is C20H18SSi. The fourth-order valence-electron chi connectivity index (χ4n) is 4.41. The molecule has 0 N–H and O–H groups in total. The summed E-state index contributed by atoms with van der Waals surface area (Å²) in [6.07, 6.45) is 10.4. The summed E-state index contributed by atoms with van der Waals surface area (Å²) in [6, 6.07) is 11.0. The molecule has 0 spiro atoms. The van der Waals surface area contributed by atoms with E-state index in [1.165, 1.54) is 5.56 Å². The van der Waals surface area contributed by atoms with Crippen LogP contribution >= 0.6 is 11.8 Å². The van der Waals surface area contributed by atoms with Crippen LogP contribution in [0.25, 0.3) is 4.91 Å². The SMILES string of the molecule is C[Si]1(C)C2=C(C3=CC=CC3)C=C3SC(c4ccccc4)=C1C32. The predicted molar refractivity (Wildman–Crippen MR) is 98.9 cm³/mol. The molecule has 0 amide bonds. The van der Waals surface area contributed by atoms with E-state index in [1.54, 1.807) is 31.3 Å². The summed E-state index contributed by atoms with van der Waals surface area (Å²) in [5.41, 5.74) is 4.55. The van der Waals surface area contributed by atoms with E-state index < -0.39 is 8.07 Å². The highest BCUT2D eigenvalue weighted by molar-refractivity contribution is 8.12. The van der Waals surface area contributed by atoms with E-state index in [4.69, 9.17) is 0 Å². The van der Waals surface area contributed by atoms with Crippen LogP contribution < -0.4 is 0 Å². The van der Waals surface area contributed by atoms with Crippen LogP contribution in [0, 0.1) is 5.92 Å². The van der Waals surface area contributed by atoms with Crippen molar-refractivity contribution in [2.24, 2.45) is 5.92 Å². The molecule has 1 aromatic rings. The van der Waals surface area contributed by atoms with Gasteiger partial charge in [0.15, 0.2) is 0 Å². The number of rotatable bonds is 2. The summed E-state index contributed by atoms with van der Waals surface area (Å²) in [4.78, 5) is 3.15. The van der Waals surface area contributed by atoms with Gasteiger partial charge in [-0.2, -0.15) is 0 Å². The lowest BCUT2D eigenvalue weighted by molar-refractivity contribution is 0.933. The van der Waals surface area contributed by atoms with Crippen LogP contribution in [0.2, 0.25) is 13.1 Å². The highest BCUT2D eigenvalue weighted by Gasteiger charge is 2.58. The Kier molecular flexibility index (Phi) is 2.52. The Hall–Kier alpha value is -1.51. The van der Waals surface area contributed by atoms with Crippen LogP contribution in [0.3, 0.4) is 0 Å². The molecule has 1 aromatic carbocycles. The molecule has 1 fully saturated rings. The lowest BCUT2D eigenvalue weighted by atomic mass is 10.0. The number of hydrogen-bond acceptors (Lipinski definition) is 1. The van der Waals surface area contributed by atoms with Gasteiger partial charge in [-0.3, -0.25) is 0 Å². The van der Waals surface area contributed by atoms with Crippen molar-refractivity contribution in [1.82, 2.24) is 0 Å². The molecule has 0 saturated carbocycles. The normalized spacial score (nSPS) is 27.1. The summed E-state index contributed by atoms with van der Waals surface area (Å²) in [5, 5.41) is 3.58. The summed E-state index contributed by atoms with van der Waals surface area (Å²) in [7, 11) is -1.43. The molecular weight excluding hydrogens is 300 g/mol. The van der Waals surface area contributed by atoms with Crippen LogP contribution in [-0.4, -0.2) is 8.07 Å². The zero-order valence-corrected chi connectivity index (χ0v) is 14.7. The van der Waals surface area contributed by atoms with Gasteiger partial charge in [0.1, 0.15) is 8.07 Å². The van der Waals surface area contributed by atoms with Crippen LogP contribution in [0.1, 0.15) is 12.0 Å². The summed E-state index contributed by atoms with van der Waals surface area (Å²) >= 11 is 2.04. The molecule has 2 heteroatoms. The van der Waals surface area contributed by atoms with Crippen molar-refractivity contribution in [2.75, 3.05) is 0 Å². The van der Waals surface area contributed by atoms with Crippen molar-refractivity contribution in [1.29, 1.82) is 0 Å². The van der Waals surface area contributed by atoms with Crippen LogP contribution in [0.4, 0.5) is 0 Å². The highest BCUT2D eigenvalue weighted by atomic mass is 32.2. The van der Waals surface area contributed by atoms with E-state index in [1.807, 2.05) is 11.8 Å². The van der Waals surface area contributed by atoms with Gasteiger partial charge in [-0.25, -0.2) is 0 Å². The lowest BCUT2D eigenvalue weighted by Crippen LogP contribution is -2.49. The second-order valence-corrected chi connectivity index (χ2v) is 12.4. The van der Waals surface area contributed by atoms with E-state index in [-0.39, 0.29) is 0 Å². The zero-order chi connectivity index (χ0) is 14.9. The maximum Gasteiger partial charge on any atom is 0.107 e. The van der Waals surface area contributed by atoms with Gasteiger partial charge in [0, 0.05) is 15.7 Å². The molecule has 4 aliphatic rings. The predicted octanol–water partition coefficient (Wildman–Crippen LogP) is 5.64. The first kappa shape index (κ1) is 13.0. The number of allylic oxidation sites excluding steroid dienone is 9. The van der Waals surface area contributed by atoms with Crippen molar-refractivity contribution in [2.45, 2.75) is 19.5 Å². The van der Waals surface area contributed by atoms with Crippen molar-refractivity contribution in [3.05, 3.63) is 86.6 Å². The van der Waals surface area contributed by atoms with Crippen molar-refractivity contribution >= 4 is 24.7 Å². The Morgan fingerprint density at radius 2 is 1.91 bits per heavy atom. The Morgan fingerprint density at radius 3 is 2.64 bits per heavy atom. The summed E-state index contributed by atoms with van der Waals surface area (Å²) in [5.74, 6) is 0.651. The Morgan fingerprint density at radius 1 is 1.09 bits per heavy atom. The molecule has 0 bridgehead atoms. The highest BCUT2D eigenvalue weighted by Crippen LogP contribution is 2.68. The van der Waals surface area contributed by atoms with Gasteiger partial charge >= 0.3 is 0 Å². The quantitative estimate of drug-likeness (QED) is 0.636. The first-order chi connectivity index (χ1) is 10.7. The van der Waals surface area contributed by atoms with E-state index in [0.717, 1.165) is 6.42 Å². The van der Waals surface area contributed by atoms with Gasteiger partial charge in [0.25, 0.3) is 0 Å². The van der Waals surface area contributed by atoms with Gasteiger partial charge < -0.3 is 0 Å². The molecule has 2 heterocycles. The number of thioether (sulfide) groups is 1. The fourth-order valence-corrected chi connectivity index (χ4v) is 10.5. The third-order valence-electron chi connectivity index (χ3n) is 5.40. The Bertz CT molecular complexity index is 847. The fraction of sp³-hybridized carbons (Fsp3) is 0.200. The molecule has 22 heavy (non-hydrogen) atoms. The van der Waals surface area contributed by atoms with Crippen molar-refractivity contribution < 1.29 is 0 Å². The number of hydrogen-bond donors (Lipinski definition) is 0. The minimum absolute atomic E-state index is 0.651. The Balaban J connectivity index is 1.66. The van der Waals surface area contributed by atoms with Crippen LogP contribution in [-0.2, 0) is 0 Å². The lowest BCUT2D eigenvalue weighted by Gasteiger charge is -2.45. The van der Waals surface area contributed by atoms with E-state index in [9.17, 15) is 0 Å². The third-order valence-corrected chi connectivity index (χ3v) is 10.6. The molecule has 0 nitrogen and oxygen atoms in total. The number of benzene rings is 1. The minimum Gasteiger partial charge on any atom is -0.0934 e. The molecule has 0 radical (unpaired) electrons. The van der Waals surface area contributed by atoms with Gasteiger partial charge in [-0.05, 0) is 29.2 Å². The summed E-state index contributed by atoms with van der Waals surface area (Å²) < 4.78 is 0. The first-order valence-electron chi connectivity index (χ1n) is 7.98. The standard InChI is InChI=1S/C20H18SSi/c1-22(2)19-15(13-8-6-7-9-13)12-16-17(19)20(22)18(21-16)14-10-4-3-5-11-14/h3-8,10-12,17H,9H2,1-2H3. The second-order valence-electron chi connectivity index (χ2n) is 6.97. The molecule has 1 unspecified atom stereocenters. The van der Waals surface area contributed by atoms with Crippen molar-refractivity contribution in [3.63, 3.8) is 0 Å². The Labute approximate surface area is 137 Å². The minimum atomic E-state index is -1.43. The van der Waals surface area contributed by atoms with Gasteiger partial charge in [-0.15, -0.1) is 0 Å². The summed E-state index contributed by atoms with van der Waals surface area (Å²) in [6.45, 7) is 5.09. The molecule has 1 atom stereocenters. The maximum absolute atomic E-state index is 2.54. The average Bonchev–Trinajstić information content (AvgIpc) is 3.19. The van der Waals surface area contributed by atoms with E-state index >= 15 is 0 Å². The smallest absolute Gasteiger partial charge is 0.0934 e. The van der Waals surface area contributed by atoms with Gasteiger partial charge in [0.2, 0.25) is 0 Å². The molecule has 108 valence electrons.